The smallest absolute Gasteiger partial charge is 0.335 e. The van der Waals surface area contributed by atoms with Gasteiger partial charge in [0.05, 0.1) is 11.7 Å². The van der Waals surface area contributed by atoms with Gasteiger partial charge in [0.2, 0.25) is 0 Å². The minimum atomic E-state index is -0.884. The number of ether oxygens (including phenoxy) is 1. The number of hydrogen-bond acceptors (Lipinski definition) is 3. The molecule has 1 N–H and O–H groups in total. The van der Waals surface area contributed by atoms with Crippen LogP contribution in [0.4, 0.5) is 0 Å². The van der Waals surface area contributed by atoms with E-state index in [2.05, 4.69) is 11.8 Å². The summed E-state index contributed by atoms with van der Waals surface area (Å²) >= 11 is 0. The molecule has 0 radical (unpaired) electrons. The van der Waals surface area contributed by atoms with Gasteiger partial charge in [-0.2, -0.15) is 0 Å². The van der Waals surface area contributed by atoms with E-state index in [1.54, 1.807) is 25.3 Å². The van der Waals surface area contributed by atoms with Gasteiger partial charge in [0.25, 0.3) is 0 Å². The number of carboxylic acids is 1. The van der Waals surface area contributed by atoms with E-state index in [0.29, 0.717) is 5.56 Å². The molecule has 1 rings (SSSR count). The zero-order valence-corrected chi connectivity index (χ0v) is 11.2. The monoisotopic (exact) mass is 251 g/mol. The average Bonchev–Trinajstić information content (AvgIpc) is 2.38. The van der Waals surface area contributed by atoms with E-state index in [1.807, 2.05) is 13.0 Å². The molecule has 1 unspecified atom stereocenters. The third kappa shape index (κ3) is 4.47. The largest absolute Gasteiger partial charge is 0.478 e. The van der Waals surface area contributed by atoms with E-state index in [0.717, 1.165) is 25.2 Å². The third-order valence-corrected chi connectivity index (χ3v) is 2.95. The predicted octanol–water partition coefficient (Wildman–Crippen LogP) is 2.24. The van der Waals surface area contributed by atoms with Crippen molar-refractivity contribution >= 4 is 5.97 Å². The minimum Gasteiger partial charge on any atom is -0.478 e. The molecule has 0 amide bonds. The number of rotatable bonds is 7. The van der Waals surface area contributed by atoms with Gasteiger partial charge in [0.1, 0.15) is 0 Å². The minimum absolute atomic E-state index is 0.174. The molecule has 18 heavy (non-hydrogen) atoms. The maximum absolute atomic E-state index is 10.9. The van der Waals surface area contributed by atoms with Crippen molar-refractivity contribution < 1.29 is 14.6 Å². The van der Waals surface area contributed by atoms with E-state index >= 15 is 0 Å². The first-order chi connectivity index (χ1) is 8.56. The summed E-state index contributed by atoms with van der Waals surface area (Å²) in [6.07, 6.45) is 0.174. The number of carbonyl (C=O) groups is 1. The Morgan fingerprint density at radius 1 is 1.50 bits per heavy atom. The molecule has 0 heterocycles. The maximum atomic E-state index is 10.9. The lowest BCUT2D eigenvalue weighted by Gasteiger charge is -2.23. The second-order valence-corrected chi connectivity index (χ2v) is 4.38. The molecule has 1 aromatic carbocycles. The van der Waals surface area contributed by atoms with Crippen LogP contribution in [-0.2, 0) is 11.3 Å². The molecule has 0 aliphatic rings. The number of methoxy groups -OCH3 is 1. The van der Waals surface area contributed by atoms with Gasteiger partial charge in [-0.1, -0.05) is 19.1 Å². The van der Waals surface area contributed by atoms with Crippen LogP contribution in [0, 0.1) is 0 Å². The van der Waals surface area contributed by atoms with E-state index in [-0.39, 0.29) is 6.10 Å². The van der Waals surface area contributed by atoms with E-state index < -0.39 is 5.97 Å². The number of nitrogens with zero attached hydrogens (tertiary/aromatic N) is 1. The molecule has 1 atom stereocenters. The first-order valence-corrected chi connectivity index (χ1v) is 6.14. The highest BCUT2D eigenvalue weighted by molar-refractivity contribution is 5.87. The van der Waals surface area contributed by atoms with Crippen LogP contribution < -0.4 is 0 Å². The topological polar surface area (TPSA) is 49.8 Å². The van der Waals surface area contributed by atoms with E-state index in [9.17, 15) is 4.79 Å². The average molecular weight is 251 g/mol. The van der Waals surface area contributed by atoms with Crippen LogP contribution in [0.15, 0.2) is 24.3 Å². The van der Waals surface area contributed by atoms with Crippen LogP contribution in [0.2, 0.25) is 0 Å². The second kappa shape index (κ2) is 7.13. The molecule has 4 nitrogen and oxygen atoms in total. The molecule has 0 aliphatic heterocycles. The molecule has 1 aromatic rings. The van der Waals surface area contributed by atoms with Crippen molar-refractivity contribution in [3.63, 3.8) is 0 Å². The van der Waals surface area contributed by atoms with Gasteiger partial charge in [-0.15, -0.1) is 0 Å². The summed E-state index contributed by atoms with van der Waals surface area (Å²) in [7, 11) is 1.70. The SMILES string of the molecule is CCN(Cc1cccc(C(=O)O)c1)CC(C)OC. The Bertz CT molecular complexity index is 392. The van der Waals surface area contributed by atoms with Crippen molar-refractivity contribution in [3.8, 4) is 0 Å². The van der Waals surface area contributed by atoms with Gasteiger partial charge in [-0.3, -0.25) is 4.90 Å². The Kier molecular flexibility index (Phi) is 5.82. The Morgan fingerprint density at radius 2 is 2.22 bits per heavy atom. The molecular weight excluding hydrogens is 230 g/mol. The van der Waals surface area contributed by atoms with Crippen molar-refractivity contribution in [2.75, 3.05) is 20.2 Å². The molecule has 4 heteroatoms. The predicted molar refractivity (Wildman–Crippen MR) is 70.8 cm³/mol. The van der Waals surface area contributed by atoms with Crippen molar-refractivity contribution in [1.82, 2.24) is 4.90 Å². The first kappa shape index (κ1) is 14.7. The van der Waals surface area contributed by atoms with Crippen LogP contribution in [0.1, 0.15) is 29.8 Å². The zero-order chi connectivity index (χ0) is 13.5. The third-order valence-electron chi connectivity index (χ3n) is 2.95. The van der Waals surface area contributed by atoms with Gasteiger partial charge in [0.15, 0.2) is 0 Å². The van der Waals surface area contributed by atoms with E-state index in [1.165, 1.54) is 0 Å². The molecule has 0 saturated heterocycles. The van der Waals surface area contributed by atoms with Crippen molar-refractivity contribution in [1.29, 1.82) is 0 Å². The summed E-state index contributed by atoms with van der Waals surface area (Å²) in [6.45, 7) is 6.60. The van der Waals surface area contributed by atoms with Gasteiger partial charge >= 0.3 is 5.97 Å². The lowest BCUT2D eigenvalue weighted by Crippen LogP contribution is -2.31. The normalized spacial score (nSPS) is 12.7. The number of aromatic carboxylic acids is 1. The Balaban J connectivity index is 2.69. The molecule has 0 saturated carbocycles. The summed E-state index contributed by atoms with van der Waals surface area (Å²) in [6, 6.07) is 7.07. The van der Waals surface area contributed by atoms with Crippen LogP contribution in [0.25, 0.3) is 0 Å². The van der Waals surface area contributed by atoms with Gasteiger partial charge < -0.3 is 9.84 Å². The van der Waals surface area contributed by atoms with E-state index in [4.69, 9.17) is 9.84 Å². The van der Waals surface area contributed by atoms with Crippen LogP contribution >= 0.6 is 0 Å². The first-order valence-electron chi connectivity index (χ1n) is 6.14. The van der Waals surface area contributed by atoms with Gasteiger partial charge in [-0.05, 0) is 31.2 Å². The van der Waals surface area contributed by atoms with Gasteiger partial charge in [-0.25, -0.2) is 4.79 Å². The summed E-state index contributed by atoms with van der Waals surface area (Å²) in [5, 5.41) is 8.95. The number of benzene rings is 1. The quantitative estimate of drug-likeness (QED) is 0.807. The Morgan fingerprint density at radius 3 is 2.78 bits per heavy atom. The highest BCUT2D eigenvalue weighted by Gasteiger charge is 2.10. The van der Waals surface area contributed by atoms with Crippen LogP contribution in [-0.4, -0.2) is 42.3 Å². The fraction of sp³-hybridized carbons (Fsp3) is 0.500. The molecule has 0 aliphatic carbocycles. The lowest BCUT2D eigenvalue weighted by molar-refractivity contribution is 0.0695. The highest BCUT2D eigenvalue weighted by Crippen LogP contribution is 2.09. The summed E-state index contributed by atoms with van der Waals surface area (Å²) in [5.74, 6) is -0.884. The zero-order valence-electron chi connectivity index (χ0n) is 11.2. The fourth-order valence-corrected chi connectivity index (χ4v) is 1.80. The van der Waals surface area contributed by atoms with Crippen molar-refractivity contribution in [2.24, 2.45) is 0 Å². The number of likely N-dealkylation sites (N-methyl/N-ethyl adjacent to an activating group) is 1. The molecular formula is C14H21NO3. The molecule has 0 bridgehead atoms. The van der Waals surface area contributed by atoms with Crippen molar-refractivity contribution in [3.05, 3.63) is 35.4 Å². The molecule has 0 fully saturated rings. The highest BCUT2D eigenvalue weighted by atomic mass is 16.5. The summed E-state index contributed by atoms with van der Waals surface area (Å²) < 4.78 is 5.25. The summed E-state index contributed by atoms with van der Waals surface area (Å²) in [4.78, 5) is 13.1. The molecule has 0 spiro atoms. The maximum Gasteiger partial charge on any atom is 0.335 e. The van der Waals surface area contributed by atoms with Gasteiger partial charge in [0, 0.05) is 20.2 Å². The number of hydrogen-bond donors (Lipinski definition) is 1. The molecule has 100 valence electrons. The summed E-state index contributed by atoms with van der Waals surface area (Å²) in [5.41, 5.74) is 1.35. The lowest BCUT2D eigenvalue weighted by atomic mass is 10.1. The Hall–Kier alpha value is -1.39. The molecule has 0 aromatic heterocycles. The number of carboxylic acid groups (broad SMARTS) is 1. The standard InChI is InChI=1S/C14H21NO3/c1-4-15(9-11(2)18-3)10-12-6-5-7-13(8-12)14(16)17/h5-8,11H,4,9-10H2,1-3H3,(H,16,17). The second-order valence-electron chi connectivity index (χ2n) is 4.38. The fourth-order valence-electron chi connectivity index (χ4n) is 1.80. The Labute approximate surface area is 108 Å². The van der Waals surface area contributed by atoms with Crippen LogP contribution in [0.5, 0.6) is 0 Å². The van der Waals surface area contributed by atoms with Crippen LogP contribution in [0.3, 0.4) is 0 Å². The van der Waals surface area contributed by atoms with Crippen molar-refractivity contribution in [2.45, 2.75) is 26.5 Å².